The minimum atomic E-state index is 0.840. The average molecular weight is 217 g/mol. The molecule has 0 spiro atoms. The summed E-state index contributed by atoms with van der Waals surface area (Å²) in [6.07, 6.45) is 7.82. The highest BCUT2D eigenvalue weighted by Gasteiger charge is 2.73. The van der Waals surface area contributed by atoms with Gasteiger partial charge in [0.25, 0.3) is 0 Å². The molecule has 6 saturated carbocycles. The normalized spacial score (nSPS) is 68.4. The molecule has 0 heterocycles. The van der Waals surface area contributed by atoms with E-state index in [-0.39, 0.29) is 0 Å². The molecule has 0 aromatic heterocycles. The van der Waals surface area contributed by atoms with Crippen LogP contribution in [0.2, 0.25) is 0 Å². The highest BCUT2D eigenvalue weighted by Crippen LogP contribution is 2.78. The molecule has 16 heavy (non-hydrogen) atoms. The van der Waals surface area contributed by atoms with Crippen LogP contribution in [0, 0.1) is 40.9 Å². The Balaban J connectivity index is 1.18. The van der Waals surface area contributed by atoms with E-state index in [9.17, 15) is 0 Å². The zero-order valence-corrected chi connectivity index (χ0v) is 10.3. The molecule has 1 heteroatoms. The van der Waals surface area contributed by atoms with Gasteiger partial charge in [0.15, 0.2) is 0 Å². The fourth-order valence-electron chi connectivity index (χ4n) is 5.82. The van der Waals surface area contributed by atoms with Crippen LogP contribution in [0.5, 0.6) is 0 Å². The summed E-state index contributed by atoms with van der Waals surface area (Å²) < 4.78 is 0. The number of rotatable bonds is 4. The van der Waals surface area contributed by atoms with E-state index in [1.54, 1.807) is 19.3 Å². The average Bonchev–Trinajstić information content (AvgIpc) is 3.17. The summed E-state index contributed by atoms with van der Waals surface area (Å²) in [6.45, 7) is 3.82. The fraction of sp³-hybridized carbons (Fsp3) is 1.00. The predicted octanol–water partition coefficient (Wildman–Crippen LogP) is 2.67. The van der Waals surface area contributed by atoms with Gasteiger partial charge in [-0.1, -0.05) is 6.92 Å². The molecule has 6 aliphatic rings. The highest BCUT2D eigenvalue weighted by atomic mass is 15.0. The Morgan fingerprint density at radius 2 is 1.81 bits per heavy atom. The first-order chi connectivity index (χ1) is 7.78. The van der Waals surface area contributed by atoms with Crippen molar-refractivity contribution in [2.45, 2.75) is 45.1 Å². The molecule has 6 fully saturated rings. The fourth-order valence-corrected chi connectivity index (χ4v) is 5.82. The Morgan fingerprint density at radius 1 is 1.06 bits per heavy atom. The largest absolute Gasteiger partial charge is 0.313 e. The van der Waals surface area contributed by atoms with E-state index in [1.807, 2.05) is 0 Å². The number of hydrogen-bond donors (Lipinski definition) is 1. The van der Waals surface area contributed by atoms with Gasteiger partial charge in [0, 0.05) is 12.6 Å². The Hall–Kier alpha value is -0.0400. The standard InChI is InChI=1S/C15H23N/c1-8-2-10(8)11-5-14(11)16-7-15-6-9-3-12(15)13(15)4-9/h8-14,16H,2-7H2,1H3/t8-,9?,10-,11+,12?,13?,14-,15?/m1/s1. The lowest BCUT2D eigenvalue weighted by Crippen LogP contribution is -2.27. The molecule has 0 saturated heterocycles. The van der Waals surface area contributed by atoms with Crippen LogP contribution < -0.4 is 5.32 Å². The van der Waals surface area contributed by atoms with Gasteiger partial charge in [-0.25, -0.2) is 0 Å². The summed E-state index contributed by atoms with van der Waals surface area (Å²) in [6, 6.07) is 0.934. The molecule has 88 valence electrons. The smallest absolute Gasteiger partial charge is 0.0102 e. The first-order valence-electron chi connectivity index (χ1n) is 7.51. The van der Waals surface area contributed by atoms with E-state index in [2.05, 4.69) is 12.2 Å². The van der Waals surface area contributed by atoms with Crippen molar-refractivity contribution in [3.8, 4) is 0 Å². The molecule has 1 N–H and O–H groups in total. The van der Waals surface area contributed by atoms with Crippen molar-refractivity contribution in [3.05, 3.63) is 0 Å². The van der Waals surface area contributed by atoms with E-state index >= 15 is 0 Å². The highest BCUT2D eigenvalue weighted by molar-refractivity contribution is 5.23. The topological polar surface area (TPSA) is 12.0 Å². The first-order valence-corrected chi connectivity index (χ1v) is 7.51. The quantitative estimate of drug-likeness (QED) is 0.763. The molecule has 4 bridgehead atoms. The second-order valence-electron chi connectivity index (χ2n) is 7.75. The van der Waals surface area contributed by atoms with E-state index in [0.29, 0.717) is 0 Å². The molecular formula is C15H23N. The van der Waals surface area contributed by atoms with E-state index in [1.165, 1.54) is 31.2 Å². The van der Waals surface area contributed by atoms with Crippen LogP contribution in [0.1, 0.15) is 39.0 Å². The third-order valence-electron chi connectivity index (χ3n) is 6.95. The first kappa shape index (κ1) is 8.97. The summed E-state index contributed by atoms with van der Waals surface area (Å²) in [5.41, 5.74) is 0.840. The van der Waals surface area contributed by atoms with E-state index in [0.717, 1.165) is 35.1 Å². The second kappa shape index (κ2) is 2.53. The summed E-state index contributed by atoms with van der Waals surface area (Å²) in [5.74, 6) is 6.74. The van der Waals surface area contributed by atoms with Crippen molar-refractivity contribution >= 4 is 0 Å². The maximum atomic E-state index is 3.93. The number of hydrogen-bond acceptors (Lipinski definition) is 1. The van der Waals surface area contributed by atoms with Gasteiger partial charge in [-0.05, 0) is 73.0 Å². The van der Waals surface area contributed by atoms with Gasteiger partial charge >= 0.3 is 0 Å². The van der Waals surface area contributed by atoms with Gasteiger partial charge in [-0.3, -0.25) is 0 Å². The van der Waals surface area contributed by atoms with E-state index in [4.69, 9.17) is 0 Å². The summed E-state index contributed by atoms with van der Waals surface area (Å²) in [4.78, 5) is 0. The lowest BCUT2D eigenvalue weighted by molar-refractivity contribution is 0.422. The van der Waals surface area contributed by atoms with Crippen LogP contribution in [0.15, 0.2) is 0 Å². The number of nitrogens with one attached hydrogen (secondary N) is 1. The molecule has 2 unspecified atom stereocenters. The van der Waals surface area contributed by atoms with Crippen molar-refractivity contribution in [2.75, 3.05) is 6.54 Å². The van der Waals surface area contributed by atoms with E-state index < -0.39 is 0 Å². The molecule has 6 atom stereocenters. The minimum absolute atomic E-state index is 0.840. The van der Waals surface area contributed by atoms with Gasteiger partial charge in [0.05, 0.1) is 0 Å². The van der Waals surface area contributed by atoms with Crippen LogP contribution in [0.4, 0.5) is 0 Å². The third-order valence-corrected chi connectivity index (χ3v) is 6.95. The summed E-state index contributed by atoms with van der Waals surface area (Å²) in [7, 11) is 0. The van der Waals surface area contributed by atoms with Crippen LogP contribution in [0.3, 0.4) is 0 Å². The van der Waals surface area contributed by atoms with Crippen molar-refractivity contribution in [1.82, 2.24) is 5.32 Å². The Labute approximate surface area is 98.4 Å². The van der Waals surface area contributed by atoms with Crippen LogP contribution >= 0.6 is 0 Å². The molecule has 0 aromatic rings. The molecule has 0 aliphatic heterocycles. The maximum absolute atomic E-state index is 3.93. The monoisotopic (exact) mass is 217 g/mol. The molecular weight excluding hydrogens is 194 g/mol. The van der Waals surface area contributed by atoms with Crippen molar-refractivity contribution < 1.29 is 0 Å². The maximum Gasteiger partial charge on any atom is 0.0102 e. The SMILES string of the molecule is C[C@@H]1C[C@H]1[C@@H]1C[C@H]1NCC12CC3CC1C2C3. The Kier molecular flexibility index (Phi) is 1.42. The van der Waals surface area contributed by atoms with Crippen molar-refractivity contribution in [2.24, 2.45) is 40.9 Å². The van der Waals surface area contributed by atoms with Crippen molar-refractivity contribution in [1.29, 1.82) is 0 Å². The van der Waals surface area contributed by atoms with Gasteiger partial charge in [-0.2, -0.15) is 0 Å². The molecule has 6 rings (SSSR count). The summed E-state index contributed by atoms with van der Waals surface area (Å²) in [5, 5.41) is 3.93. The van der Waals surface area contributed by atoms with Crippen LogP contribution in [-0.2, 0) is 0 Å². The zero-order chi connectivity index (χ0) is 10.5. The van der Waals surface area contributed by atoms with Gasteiger partial charge in [0.1, 0.15) is 0 Å². The Morgan fingerprint density at radius 3 is 2.38 bits per heavy atom. The third kappa shape index (κ3) is 0.978. The molecule has 0 radical (unpaired) electrons. The predicted molar refractivity (Wildman–Crippen MR) is 63.9 cm³/mol. The lowest BCUT2D eigenvalue weighted by atomic mass is 10.0. The molecule has 6 aliphatic carbocycles. The van der Waals surface area contributed by atoms with Crippen LogP contribution in [0.25, 0.3) is 0 Å². The molecule has 0 amide bonds. The summed E-state index contributed by atoms with van der Waals surface area (Å²) >= 11 is 0. The van der Waals surface area contributed by atoms with Crippen LogP contribution in [-0.4, -0.2) is 12.6 Å². The lowest BCUT2D eigenvalue weighted by Gasteiger charge is -2.12. The minimum Gasteiger partial charge on any atom is -0.313 e. The van der Waals surface area contributed by atoms with Gasteiger partial charge in [-0.15, -0.1) is 0 Å². The zero-order valence-electron chi connectivity index (χ0n) is 10.3. The van der Waals surface area contributed by atoms with Crippen molar-refractivity contribution in [3.63, 3.8) is 0 Å². The van der Waals surface area contributed by atoms with Gasteiger partial charge < -0.3 is 5.32 Å². The van der Waals surface area contributed by atoms with Gasteiger partial charge in [0.2, 0.25) is 0 Å². The molecule has 0 aromatic carbocycles. The molecule has 1 nitrogen and oxygen atoms in total. The Bertz CT molecular complexity index is 337. The second-order valence-corrected chi connectivity index (χ2v) is 7.75.